The van der Waals surface area contributed by atoms with Gasteiger partial charge in [0.05, 0.1) is 4.92 Å². The Labute approximate surface area is 123 Å². The molecule has 1 N–H and O–H groups in total. The highest BCUT2D eigenvalue weighted by molar-refractivity contribution is 7.85. The summed E-state index contributed by atoms with van der Waals surface area (Å²) in [5.41, 5.74) is 0.0589. The first-order chi connectivity index (χ1) is 9.47. The first-order valence-electron chi connectivity index (χ1n) is 6.07. The second-order valence-corrected chi connectivity index (χ2v) is 6.62. The van der Waals surface area contributed by atoms with Crippen LogP contribution in [-0.2, 0) is 10.8 Å². The number of nitro benzene ring substituents is 1. The van der Waals surface area contributed by atoms with Gasteiger partial charge in [-0.25, -0.2) is 0 Å². The number of benzene rings is 1. The Kier molecular flexibility index (Phi) is 4.72. The predicted molar refractivity (Wildman–Crippen MR) is 76.5 cm³/mol. The van der Waals surface area contributed by atoms with Crippen LogP contribution in [0.25, 0.3) is 0 Å². The zero-order valence-corrected chi connectivity index (χ0v) is 12.1. The Hall–Kier alpha value is -1.47. The van der Waals surface area contributed by atoms with Crippen LogP contribution in [0.2, 0.25) is 5.02 Å². The topological polar surface area (TPSA) is 89.3 Å². The molecule has 1 aromatic carbocycles. The molecule has 2 rings (SSSR count). The lowest BCUT2D eigenvalue weighted by atomic mass is 10.1. The minimum Gasteiger partial charge on any atom is -0.349 e. The van der Waals surface area contributed by atoms with Gasteiger partial charge >= 0.3 is 0 Å². The van der Waals surface area contributed by atoms with Crippen molar-refractivity contribution in [2.75, 3.05) is 11.5 Å². The second-order valence-electron chi connectivity index (χ2n) is 4.52. The fourth-order valence-corrected chi connectivity index (χ4v) is 3.55. The van der Waals surface area contributed by atoms with Crippen LogP contribution in [0.5, 0.6) is 0 Å². The SMILES string of the molecule is O=C(NC1CCS(=O)CC1)c1ccc([N+](=O)[O-])c(Cl)c1. The van der Waals surface area contributed by atoms with Crippen LogP contribution in [0, 0.1) is 10.1 Å². The van der Waals surface area contributed by atoms with Gasteiger partial charge in [0, 0.05) is 40.0 Å². The van der Waals surface area contributed by atoms with Crippen LogP contribution in [0.3, 0.4) is 0 Å². The molecule has 108 valence electrons. The van der Waals surface area contributed by atoms with E-state index in [0.29, 0.717) is 24.3 Å². The highest BCUT2D eigenvalue weighted by Gasteiger charge is 2.21. The summed E-state index contributed by atoms with van der Waals surface area (Å²) in [6.45, 7) is 0. The largest absolute Gasteiger partial charge is 0.349 e. The quantitative estimate of drug-likeness (QED) is 0.681. The number of nitrogens with one attached hydrogen (secondary N) is 1. The van der Waals surface area contributed by atoms with Crippen LogP contribution in [0.4, 0.5) is 5.69 Å². The standard InChI is InChI=1S/C12H13ClN2O4S/c13-10-7-8(1-2-11(10)15(17)18)12(16)14-9-3-5-20(19)6-4-9/h1-2,7,9H,3-6H2,(H,14,16). The van der Waals surface area contributed by atoms with Gasteiger partial charge in [-0.2, -0.15) is 0 Å². The molecule has 0 unspecified atom stereocenters. The number of nitrogens with zero attached hydrogens (tertiary/aromatic N) is 1. The van der Waals surface area contributed by atoms with Gasteiger partial charge in [0.1, 0.15) is 5.02 Å². The van der Waals surface area contributed by atoms with Crippen LogP contribution in [-0.4, -0.2) is 32.6 Å². The van der Waals surface area contributed by atoms with Crippen molar-refractivity contribution in [3.63, 3.8) is 0 Å². The van der Waals surface area contributed by atoms with Crippen LogP contribution in [0.15, 0.2) is 18.2 Å². The lowest BCUT2D eigenvalue weighted by Gasteiger charge is -2.22. The van der Waals surface area contributed by atoms with Crippen LogP contribution >= 0.6 is 11.6 Å². The number of rotatable bonds is 3. The molecule has 1 aliphatic rings. The van der Waals surface area contributed by atoms with E-state index in [4.69, 9.17) is 11.6 Å². The van der Waals surface area contributed by atoms with Crippen LogP contribution < -0.4 is 5.32 Å². The van der Waals surface area contributed by atoms with Gasteiger partial charge in [-0.3, -0.25) is 19.1 Å². The molecular formula is C12H13ClN2O4S. The lowest BCUT2D eigenvalue weighted by molar-refractivity contribution is -0.384. The number of nitro groups is 1. The third-order valence-electron chi connectivity index (χ3n) is 3.13. The van der Waals surface area contributed by atoms with E-state index in [1.807, 2.05) is 0 Å². The van der Waals surface area contributed by atoms with Gasteiger partial charge in [-0.05, 0) is 25.0 Å². The summed E-state index contributed by atoms with van der Waals surface area (Å²) in [6, 6.07) is 3.87. The number of amides is 1. The molecule has 0 aliphatic carbocycles. The highest BCUT2D eigenvalue weighted by atomic mass is 35.5. The van der Waals surface area contributed by atoms with Gasteiger partial charge in [-0.15, -0.1) is 0 Å². The number of hydrogen-bond donors (Lipinski definition) is 1. The first-order valence-corrected chi connectivity index (χ1v) is 7.94. The monoisotopic (exact) mass is 316 g/mol. The second kappa shape index (κ2) is 6.32. The summed E-state index contributed by atoms with van der Waals surface area (Å²) < 4.78 is 11.2. The maximum atomic E-state index is 12.0. The zero-order chi connectivity index (χ0) is 14.7. The van der Waals surface area contributed by atoms with E-state index in [-0.39, 0.29) is 28.2 Å². The van der Waals surface area contributed by atoms with Crippen molar-refractivity contribution in [1.82, 2.24) is 5.32 Å². The third-order valence-corrected chi connectivity index (χ3v) is 4.81. The molecule has 1 heterocycles. The third kappa shape index (κ3) is 3.55. The minimum absolute atomic E-state index is 0.00540. The Balaban J connectivity index is 2.04. The molecule has 1 aliphatic heterocycles. The minimum atomic E-state index is -0.780. The Morgan fingerprint density at radius 2 is 2.05 bits per heavy atom. The number of hydrogen-bond acceptors (Lipinski definition) is 4. The summed E-state index contributed by atoms with van der Waals surface area (Å²) in [5.74, 6) is 0.859. The van der Waals surface area contributed by atoms with Gasteiger partial charge in [0.15, 0.2) is 0 Å². The lowest BCUT2D eigenvalue weighted by Crippen LogP contribution is -2.39. The van der Waals surface area contributed by atoms with E-state index >= 15 is 0 Å². The summed E-state index contributed by atoms with van der Waals surface area (Å²) in [5, 5.41) is 13.4. The van der Waals surface area contributed by atoms with Crippen molar-refractivity contribution in [3.05, 3.63) is 38.9 Å². The van der Waals surface area contributed by atoms with Crippen molar-refractivity contribution < 1.29 is 13.9 Å². The van der Waals surface area contributed by atoms with Crippen molar-refractivity contribution in [2.24, 2.45) is 0 Å². The molecule has 0 bridgehead atoms. The van der Waals surface area contributed by atoms with Crippen LogP contribution in [0.1, 0.15) is 23.2 Å². The maximum absolute atomic E-state index is 12.0. The molecule has 1 saturated heterocycles. The Bertz CT molecular complexity index is 569. The van der Waals surface area contributed by atoms with Crippen molar-refractivity contribution in [2.45, 2.75) is 18.9 Å². The maximum Gasteiger partial charge on any atom is 0.287 e. The molecule has 0 aromatic heterocycles. The van der Waals surface area contributed by atoms with Gasteiger partial charge < -0.3 is 5.32 Å². The van der Waals surface area contributed by atoms with E-state index < -0.39 is 15.7 Å². The molecule has 0 radical (unpaired) electrons. The molecule has 1 fully saturated rings. The average molecular weight is 317 g/mol. The molecule has 1 amide bonds. The molecule has 1 aromatic rings. The van der Waals surface area contributed by atoms with Gasteiger partial charge in [0.25, 0.3) is 11.6 Å². The summed E-state index contributed by atoms with van der Waals surface area (Å²) >= 11 is 5.77. The summed E-state index contributed by atoms with van der Waals surface area (Å²) in [4.78, 5) is 22.1. The Morgan fingerprint density at radius 3 is 2.60 bits per heavy atom. The van der Waals surface area contributed by atoms with Crippen molar-refractivity contribution in [3.8, 4) is 0 Å². The number of carbonyl (C=O) groups is 1. The highest BCUT2D eigenvalue weighted by Crippen LogP contribution is 2.25. The summed E-state index contributed by atoms with van der Waals surface area (Å²) in [6.07, 6.45) is 1.36. The average Bonchev–Trinajstić information content (AvgIpc) is 2.40. The molecule has 6 nitrogen and oxygen atoms in total. The van der Waals surface area contributed by atoms with E-state index in [1.165, 1.54) is 18.2 Å². The molecule has 0 spiro atoms. The number of carbonyl (C=O) groups excluding carboxylic acids is 1. The Morgan fingerprint density at radius 1 is 1.40 bits per heavy atom. The van der Waals surface area contributed by atoms with E-state index in [0.717, 1.165) is 0 Å². The number of halogens is 1. The first kappa shape index (κ1) is 14.9. The molecular weight excluding hydrogens is 304 g/mol. The van der Waals surface area contributed by atoms with Gasteiger partial charge in [0.2, 0.25) is 0 Å². The van der Waals surface area contributed by atoms with E-state index in [2.05, 4.69) is 5.32 Å². The molecule has 8 heteroatoms. The molecule has 0 atom stereocenters. The fraction of sp³-hybridized carbons (Fsp3) is 0.417. The van der Waals surface area contributed by atoms with E-state index in [9.17, 15) is 19.1 Å². The molecule has 20 heavy (non-hydrogen) atoms. The van der Waals surface area contributed by atoms with E-state index in [1.54, 1.807) is 0 Å². The molecule has 0 saturated carbocycles. The fourth-order valence-electron chi connectivity index (χ4n) is 2.00. The predicted octanol–water partition coefficient (Wildman–Crippen LogP) is 1.89. The van der Waals surface area contributed by atoms with Crippen molar-refractivity contribution in [1.29, 1.82) is 0 Å². The van der Waals surface area contributed by atoms with Gasteiger partial charge in [-0.1, -0.05) is 11.6 Å². The van der Waals surface area contributed by atoms with Crippen molar-refractivity contribution >= 4 is 34.0 Å². The normalized spacial score (nSPS) is 22.2. The zero-order valence-electron chi connectivity index (χ0n) is 10.5. The summed E-state index contributed by atoms with van der Waals surface area (Å²) in [7, 11) is -0.780. The smallest absolute Gasteiger partial charge is 0.287 e.